The molecule has 1 aliphatic rings. The maximum Gasteiger partial charge on any atom is 0.416 e. The Morgan fingerprint density at radius 1 is 1.21 bits per heavy atom. The standard InChI is InChI=1S/C18H24F3NO2/c1-12-11-13(18(19,20)21)8-9-14(12)15-7-5-6-10-22(15)16(23)24-17(2,3)4/h8-9,11,15H,5-7,10H2,1-4H3. The van der Waals surface area contributed by atoms with Crippen LogP contribution in [-0.2, 0) is 10.9 Å². The molecule has 6 heteroatoms. The van der Waals surface area contributed by atoms with E-state index in [2.05, 4.69) is 0 Å². The molecule has 0 bridgehead atoms. The first-order valence-corrected chi connectivity index (χ1v) is 8.16. The van der Waals surface area contributed by atoms with Crippen LogP contribution in [0.15, 0.2) is 18.2 Å². The summed E-state index contributed by atoms with van der Waals surface area (Å²) in [6.45, 7) is 7.61. The highest BCUT2D eigenvalue weighted by molar-refractivity contribution is 5.69. The van der Waals surface area contributed by atoms with Gasteiger partial charge < -0.3 is 9.64 Å². The number of likely N-dealkylation sites (tertiary alicyclic amines) is 1. The number of amides is 1. The third-order valence-corrected chi connectivity index (χ3v) is 4.09. The highest BCUT2D eigenvalue weighted by atomic mass is 19.4. The van der Waals surface area contributed by atoms with E-state index in [1.165, 1.54) is 6.07 Å². The van der Waals surface area contributed by atoms with E-state index in [-0.39, 0.29) is 6.04 Å². The molecule has 1 aromatic carbocycles. The Morgan fingerprint density at radius 2 is 1.88 bits per heavy atom. The fraction of sp³-hybridized carbons (Fsp3) is 0.611. The summed E-state index contributed by atoms with van der Waals surface area (Å²) >= 11 is 0. The average molecular weight is 343 g/mol. The van der Waals surface area contributed by atoms with E-state index in [4.69, 9.17) is 4.74 Å². The lowest BCUT2D eigenvalue weighted by Crippen LogP contribution is -2.42. The number of hydrogen-bond donors (Lipinski definition) is 0. The highest BCUT2D eigenvalue weighted by Gasteiger charge is 2.34. The quantitative estimate of drug-likeness (QED) is 0.676. The molecule has 1 saturated heterocycles. The molecule has 134 valence electrons. The van der Waals surface area contributed by atoms with Crippen LogP contribution in [0.1, 0.15) is 62.8 Å². The van der Waals surface area contributed by atoms with E-state index in [0.29, 0.717) is 12.1 Å². The van der Waals surface area contributed by atoms with Crippen LogP contribution >= 0.6 is 0 Å². The molecule has 1 aromatic rings. The van der Waals surface area contributed by atoms with Crippen LogP contribution in [0.25, 0.3) is 0 Å². The van der Waals surface area contributed by atoms with Crippen molar-refractivity contribution in [1.82, 2.24) is 4.90 Å². The lowest BCUT2D eigenvalue weighted by Gasteiger charge is -2.37. The number of aryl methyl sites for hydroxylation is 1. The minimum absolute atomic E-state index is 0.240. The second-order valence-electron chi connectivity index (χ2n) is 7.25. The van der Waals surface area contributed by atoms with Gasteiger partial charge in [-0.25, -0.2) is 4.79 Å². The van der Waals surface area contributed by atoms with Crippen LogP contribution in [0.5, 0.6) is 0 Å². The smallest absolute Gasteiger partial charge is 0.416 e. The van der Waals surface area contributed by atoms with Crippen molar-refractivity contribution >= 4 is 6.09 Å². The van der Waals surface area contributed by atoms with Gasteiger partial charge in [0.1, 0.15) is 5.60 Å². The first kappa shape index (κ1) is 18.6. The molecule has 1 aliphatic heterocycles. The Hall–Kier alpha value is -1.72. The molecule has 0 aliphatic carbocycles. The SMILES string of the molecule is Cc1cc(C(F)(F)F)ccc1C1CCCCN1C(=O)OC(C)(C)C. The second kappa shape index (κ2) is 6.65. The Kier molecular flexibility index (Phi) is 5.16. The highest BCUT2D eigenvalue weighted by Crippen LogP contribution is 2.36. The van der Waals surface area contributed by atoms with Crippen LogP contribution in [0.4, 0.5) is 18.0 Å². The number of nitrogens with zero attached hydrogens (tertiary/aromatic N) is 1. The van der Waals surface area contributed by atoms with Gasteiger partial charge in [-0.3, -0.25) is 0 Å². The van der Waals surface area contributed by atoms with E-state index < -0.39 is 23.4 Å². The molecule has 1 amide bonds. The van der Waals surface area contributed by atoms with Crippen LogP contribution in [0.2, 0.25) is 0 Å². The van der Waals surface area contributed by atoms with Gasteiger partial charge in [-0.1, -0.05) is 6.07 Å². The predicted molar refractivity (Wildman–Crippen MR) is 85.7 cm³/mol. The molecule has 1 heterocycles. The Labute approximate surface area is 140 Å². The molecular formula is C18H24F3NO2. The zero-order valence-corrected chi connectivity index (χ0v) is 14.5. The number of alkyl halides is 3. The monoisotopic (exact) mass is 343 g/mol. The summed E-state index contributed by atoms with van der Waals surface area (Å²) in [6.07, 6.45) is -2.24. The first-order chi connectivity index (χ1) is 11.0. The van der Waals surface area contributed by atoms with Gasteiger partial charge in [-0.05, 0) is 70.2 Å². The number of benzene rings is 1. The lowest BCUT2D eigenvalue weighted by molar-refractivity contribution is -0.137. The average Bonchev–Trinajstić information content (AvgIpc) is 2.44. The summed E-state index contributed by atoms with van der Waals surface area (Å²) in [5, 5.41) is 0. The van der Waals surface area contributed by atoms with Gasteiger partial charge in [0, 0.05) is 6.54 Å². The normalized spacial score (nSPS) is 19.3. The molecular weight excluding hydrogens is 319 g/mol. The molecule has 1 unspecified atom stereocenters. The van der Waals surface area contributed by atoms with Gasteiger partial charge >= 0.3 is 12.3 Å². The molecule has 0 aromatic heterocycles. The van der Waals surface area contributed by atoms with E-state index in [1.807, 2.05) is 0 Å². The van der Waals surface area contributed by atoms with Crippen molar-refractivity contribution in [3.63, 3.8) is 0 Å². The topological polar surface area (TPSA) is 29.5 Å². The van der Waals surface area contributed by atoms with E-state index >= 15 is 0 Å². The van der Waals surface area contributed by atoms with E-state index in [0.717, 1.165) is 37.0 Å². The molecule has 0 N–H and O–H groups in total. The number of hydrogen-bond acceptors (Lipinski definition) is 2. The van der Waals surface area contributed by atoms with Crippen molar-refractivity contribution in [2.45, 2.75) is 64.8 Å². The molecule has 0 spiro atoms. The number of piperidine rings is 1. The fourth-order valence-electron chi connectivity index (χ4n) is 3.02. The number of ether oxygens (including phenoxy) is 1. The zero-order chi connectivity index (χ0) is 18.1. The van der Waals surface area contributed by atoms with Crippen molar-refractivity contribution in [1.29, 1.82) is 0 Å². The maximum absolute atomic E-state index is 12.8. The second-order valence-corrected chi connectivity index (χ2v) is 7.25. The maximum atomic E-state index is 12.8. The number of rotatable bonds is 1. The minimum atomic E-state index is -4.36. The van der Waals surface area contributed by atoms with E-state index in [1.54, 1.807) is 32.6 Å². The lowest BCUT2D eigenvalue weighted by atomic mass is 9.91. The summed E-state index contributed by atoms with van der Waals surface area (Å²) < 4.78 is 44.0. The van der Waals surface area contributed by atoms with Crippen molar-refractivity contribution in [3.05, 3.63) is 34.9 Å². The van der Waals surface area contributed by atoms with Crippen LogP contribution in [0, 0.1) is 6.92 Å². The zero-order valence-electron chi connectivity index (χ0n) is 14.5. The molecule has 0 saturated carbocycles. The first-order valence-electron chi connectivity index (χ1n) is 8.16. The molecule has 3 nitrogen and oxygen atoms in total. The summed E-state index contributed by atoms with van der Waals surface area (Å²) in [6, 6.07) is 3.49. The Bertz CT molecular complexity index is 605. The van der Waals surface area contributed by atoms with E-state index in [9.17, 15) is 18.0 Å². The predicted octanol–water partition coefficient (Wildman–Crippen LogP) is 5.48. The number of halogens is 3. The molecule has 24 heavy (non-hydrogen) atoms. The summed E-state index contributed by atoms with van der Waals surface area (Å²) in [4.78, 5) is 14.1. The van der Waals surface area contributed by atoms with Crippen molar-refractivity contribution in [3.8, 4) is 0 Å². The fourth-order valence-corrected chi connectivity index (χ4v) is 3.02. The third-order valence-electron chi connectivity index (χ3n) is 4.09. The summed E-state index contributed by atoms with van der Waals surface area (Å²) in [5.41, 5.74) is 0.0380. The molecule has 0 radical (unpaired) electrons. The minimum Gasteiger partial charge on any atom is -0.444 e. The van der Waals surface area contributed by atoms with Crippen molar-refractivity contribution in [2.24, 2.45) is 0 Å². The third kappa shape index (κ3) is 4.42. The van der Waals surface area contributed by atoms with Crippen molar-refractivity contribution < 1.29 is 22.7 Å². The van der Waals surface area contributed by atoms with Gasteiger partial charge in [0.2, 0.25) is 0 Å². The number of carbonyl (C=O) groups excluding carboxylic acids is 1. The van der Waals surface area contributed by atoms with Crippen LogP contribution in [-0.4, -0.2) is 23.1 Å². The van der Waals surface area contributed by atoms with Crippen LogP contribution < -0.4 is 0 Å². The van der Waals surface area contributed by atoms with Gasteiger partial charge in [0.05, 0.1) is 11.6 Å². The summed E-state index contributed by atoms with van der Waals surface area (Å²) in [7, 11) is 0. The largest absolute Gasteiger partial charge is 0.444 e. The summed E-state index contributed by atoms with van der Waals surface area (Å²) in [5.74, 6) is 0. The van der Waals surface area contributed by atoms with Gasteiger partial charge in [0.25, 0.3) is 0 Å². The molecule has 1 fully saturated rings. The van der Waals surface area contributed by atoms with Gasteiger partial charge in [-0.2, -0.15) is 13.2 Å². The van der Waals surface area contributed by atoms with Gasteiger partial charge in [-0.15, -0.1) is 0 Å². The van der Waals surface area contributed by atoms with Gasteiger partial charge in [0.15, 0.2) is 0 Å². The molecule has 2 rings (SSSR count). The Balaban J connectivity index is 2.29. The Morgan fingerprint density at radius 3 is 2.42 bits per heavy atom. The van der Waals surface area contributed by atoms with Crippen molar-refractivity contribution in [2.75, 3.05) is 6.54 Å². The van der Waals surface area contributed by atoms with Crippen LogP contribution in [0.3, 0.4) is 0 Å². The molecule has 1 atom stereocenters. The number of carbonyl (C=O) groups is 1.